The highest BCUT2D eigenvalue weighted by Gasteiger charge is 1.92. The molecule has 0 aliphatic heterocycles. The average molecular weight is 147 g/mol. The van der Waals surface area contributed by atoms with Gasteiger partial charge in [0.25, 0.3) is 0 Å². The quantitative estimate of drug-likeness (QED) is 0.644. The first-order valence-electron chi connectivity index (χ1n) is 3.65. The topological polar surface area (TPSA) is 51.4 Å². The molecule has 2 heteroatoms. The first kappa shape index (κ1) is 7.77. The molecule has 0 saturated carbocycles. The minimum absolute atomic E-state index is 0.720. The highest BCUT2D eigenvalue weighted by atomic mass is 14.5. The molecule has 1 rings (SSSR count). The first-order chi connectivity index (χ1) is 5.36. The molecule has 0 heterocycles. The Labute approximate surface area is 66.3 Å². The smallest absolute Gasteiger partial charge is 0.0991 e. The lowest BCUT2D eigenvalue weighted by molar-refractivity contribution is -0.366. The second-order valence-electron chi connectivity index (χ2n) is 2.41. The van der Waals surface area contributed by atoms with Gasteiger partial charge in [0.1, 0.15) is 0 Å². The number of nitrogens with zero attached hydrogens (tertiary/aromatic N) is 1. The van der Waals surface area contributed by atoms with Crippen molar-refractivity contribution in [2.75, 3.05) is 6.54 Å². The third kappa shape index (κ3) is 2.06. The standard InChI is InChI=1S/C9H10N2/c10-6-5-8-1-3-9(7-11)4-2-8/h1-4H,5-6,10H2/p+1. The summed E-state index contributed by atoms with van der Waals surface area (Å²) in [4.78, 5) is 0. The average Bonchev–Trinajstić information content (AvgIpc) is 2.07. The maximum Gasteiger partial charge on any atom is 0.0991 e. The van der Waals surface area contributed by atoms with E-state index >= 15 is 0 Å². The van der Waals surface area contributed by atoms with E-state index in [1.807, 2.05) is 24.3 Å². The second kappa shape index (κ2) is 3.75. The van der Waals surface area contributed by atoms with Crippen LogP contribution in [-0.4, -0.2) is 6.54 Å². The van der Waals surface area contributed by atoms with Crippen molar-refractivity contribution in [2.24, 2.45) is 0 Å². The Kier molecular flexibility index (Phi) is 2.65. The van der Waals surface area contributed by atoms with Crippen molar-refractivity contribution in [1.82, 2.24) is 0 Å². The maximum atomic E-state index is 8.50. The largest absolute Gasteiger partial charge is 0.357 e. The molecule has 1 aromatic carbocycles. The predicted octanol–water partition coefficient (Wildman–Crippen LogP) is 0.343. The molecule has 0 aliphatic rings. The zero-order chi connectivity index (χ0) is 8.10. The lowest BCUT2D eigenvalue weighted by Crippen LogP contribution is -2.51. The van der Waals surface area contributed by atoms with Crippen molar-refractivity contribution >= 4 is 0 Å². The molecular formula is C9H11N2+. The zero-order valence-corrected chi connectivity index (χ0v) is 6.38. The highest BCUT2D eigenvalue weighted by Crippen LogP contribution is 2.02. The summed E-state index contributed by atoms with van der Waals surface area (Å²) in [7, 11) is 0. The van der Waals surface area contributed by atoms with Crippen molar-refractivity contribution in [1.29, 1.82) is 5.26 Å². The Balaban J connectivity index is 2.76. The van der Waals surface area contributed by atoms with Gasteiger partial charge in [-0.1, -0.05) is 12.1 Å². The van der Waals surface area contributed by atoms with Gasteiger partial charge in [-0.15, -0.1) is 0 Å². The van der Waals surface area contributed by atoms with Crippen molar-refractivity contribution in [3.63, 3.8) is 0 Å². The van der Waals surface area contributed by atoms with E-state index in [-0.39, 0.29) is 0 Å². The summed E-state index contributed by atoms with van der Waals surface area (Å²) in [5, 5.41) is 8.50. The molecule has 11 heavy (non-hydrogen) atoms. The summed E-state index contributed by atoms with van der Waals surface area (Å²) in [6.07, 6.45) is 0.992. The van der Waals surface area contributed by atoms with E-state index in [2.05, 4.69) is 11.8 Å². The Morgan fingerprint density at radius 2 is 1.91 bits per heavy atom. The van der Waals surface area contributed by atoms with Crippen LogP contribution < -0.4 is 5.73 Å². The normalized spacial score (nSPS) is 9.09. The molecule has 0 atom stereocenters. The van der Waals surface area contributed by atoms with Crippen molar-refractivity contribution in [3.05, 3.63) is 35.4 Å². The second-order valence-corrected chi connectivity index (χ2v) is 2.41. The summed E-state index contributed by atoms with van der Waals surface area (Å²) in [5.74, 6) is 0. The van der Waals surface area contributed by atoms with Crippen LogP contribution in [0.4, 0.5) is 0 Å². The lowest BCUT2D eigenvalue weighted by atomic mass is 10.1. The molecule has 0 amide bonds. The van der Waals surface area contributed by atoms with Crippen LogP contribution in [0.3, 0.4) is 0 Å². The molecule has 0 bridgehead atoms. The number of quaternary nitrogens is 1. The van der Waals surface area contributed by atoms with Gasteiger partial charge < -0.3 is 5.73 Å². The Morgan fingerprint density at radius 1 is 1.27 bits per heavy atom. The highest BCUT2D eigenvalue weighted by molar-refractivity contribution is 5.31. The van der Waals surface area contributed by atoms with Crippen LogP contribution in [0.1, 0.15) is 11.1 Å². The molecule has 0 spiro atoms. The summed E-state index contributed by atoms with van der Waals surface area (Å²) in [6, 6.07) is 9.71. The van der Waals surface area contributed by atoms with E-state index in [9.17, 15) is 0 Å². The van der Waals surface area contributed by atoms with E-state index in [4.69, 9.17) is 5.26 Å². The van der Waals surface area contributed by atoms with Crippen molar-refractivity contribution in [3.8, 4) is 6.07 Å². The SMILES string of the molecule is N#Cc1ccc(CC[NH3+])cc1. The van der Waals surface area contributed by atoms with Crippen LogP contribution in [0.5, 0.6) is 0 Å². The van der Waals surface area contributed by atoms with Crippen LogP contribution in [0.15, 0.2) is 24.3 Å². The minimum Gasteiger partial charge on any atom is -0.357 e. The van der Waals surface area contributed by atoms with Gasteiger partial charge in [0, 0.05) is 6.42 Å². The van der Waals surface area contributed by atoms with Gasteiger partial charge in [-0.2, -0.15) is 5.26 Å². The Morgan fingerprint density at radius 3 is 2.36 bits per heavy atom. The van der Waals surface area contributed by atoms with Crippen LogP contribution in [0.25, 0.3) is 0 Å². The first-order valence-corrected chi connectivity index (χ1v) is 3.65. The molecule has 3 N–H and O–H groups in total. The maximum absolute atomic E-state index is 8.50. The summed E-state index contributed by atoms with van der Waals surface area (Å²) in [6.45, 7) is 0.909. The summed E-state index contributed by atoms with van der Waals surface area (Å²) in [5.41, 5.74) is 5.73. The summed E-state index contributed by atoms with van der Waals surface area (Å²) < 4.78 is 0. The molecule has 0 aromatic heterocycles. The van der Waals surface area contributed by atoms with Crippen molar-refractivity contribution < 1.29 is 5.73 Å². The molecular weight excluding hydrogens is 136 g/mol. The fourth-order valence-corrected chi connectivity index (χ4v) is 0.950. The van der Waals surface area contributed by atoms with Gasteiger partial charge >= 0.3 is 0 Å². The molecule has 0 radical (unpaired) electrons. The third-order valence-corrected chi connectivity index (χ3v) is 1.55. The van der Waals surface area contributed by atoms with Crippen LogP contribution in [-0.2, 0) is 6.42 Å². The number of nitriles is 1. The number of hydrogen-bond donors (Lipinski definition) is 1. The number of hydrogen-bond acceptors (Lipinski definition) is 1. The molecule has 0 aliphatic carbocycles. The molecule has 0 saturated heterocycles. The van der Waals surface area contributed by atoms with E-state index in [0.717, 1.165) is 18.5 Å². The van der Waals surface area contributed by atoms with E-state index in [1.165, 1.54) is 5.56 Å². The molecule has 0 unspecified atom stereocenters. The van der Waals surface area contributed by atoms with Gasteiger partial charge in [0.2, 0.25) is 0 Å². The lowest BCUT2D eigenvalue weighted by Gasteiger charge is -1.94. The molecule has 2 nitrogen and oxygen atoms in total. The third-order valence-electron chi connectivity index (χ3n) is 1.55. The van der Waals surface area contributed by atoms with E-state index in [0.29, 0.717) is 0 Å². The van der Waals surface area contributed by atoms with Gasteiger partial charge in [-0.25, -0.2) is 0 Å². The Bertz CT molecular complexity index is 256. The van der Waals surface area contributed by atoms with E-state index in [1.54, 1.807) is 0 Å². The van der Waals surface area contributed by atoms with Crippen LogP contribution in [0.2, 0.25) is 0 Å². The predicted molar refractivity (Wildman–Crippen MR) is 42.6 cm³/mol. The fourth-order valence-electron chi connectivity index (χ4n) is 0.950. The minimum atomic E-state index is 0.720. The fraction of sp³-hybridized carbons (Fsp3) is 0.222. The summed E-state index contributed by atoms with van der Waals surface area (Å²) >= 11 is 0. The van der Waals surface area contributed by atoms with Gasteiger partial charge in [0.05, 0.1) is 18.2 Å². The molecule has 1 aromatic rings. The van der Waals surface area contributed by atoms with Gasteiger partial charge in [-0.05, 0) is 17.7 Å². The molecule has 56 valence electrons. The number of rotatable bonds is 2. The van der Waals surface area contributed by atoms with Crippen molar-refractivity contribution in [2.45, 2.75) is 6.42 Å². The van der Waals surface area contributed by atoms with Gasteiger partial charge in [-0.3, -0.25) is 0 Å². The molecule has 0 fully saturated rings. The van der Waals surface area contributed by atoms with Crippen LogP contribution in [0, 0.1) is 11.3 Å². The van der Waals surface area contributed by atoms with E-state index < -0.39 is 0 Å². The zero-order valence-electron chi connectivity index (χ0n) is 6.38. The number of benzene rings is 1. The Hall–Kier alpha value is -1.33. The van der Waals surface area contributed by atoms with Crippen LogP contribution >= 0.6 is 0 Å². The monoisotopic (exact) mass is 147 g/mol. The van der Waals surface area contributed by atoms with Gasteiger partial charge in [0.15, 0.2) is 0 Å².